The first-order valence-corrected chi connectivity index (χ1v) is 8.62. The van der Waals surface area contributed by atoms with Crippen molar-refractivity contribution in [1.82, 2.24) is 19.8 Å². The molecule has 0 radical (unpaired) electrons. The molecule has 0 bridgehead atoms. The first-order chi connectivity index (χ1) is 11.6. The van der Waals surface area contributed by atoms with Crippen molar-refractivity contribution in [3.8, 4) is 0 Å². The van der Waals surface area contributed by atoms with Gasteiger partial charge in [0.05, 0.1) is 5.56 Å². The molecular weight excluding hydrogens is 304 g/mol. The number of nitrogens with one attached hydrogen (secondary N) is 1. The number of carbonyl (C=O) groups excluding carboxylic acids is 2. The van der Waals surface area contributed by atoms with Gasteiger partial charge in [-0.3, -0.25) is 9.59 Å². The summed E-state index contributed by atoms with van der Waals surface area (Å²) in [5.74, 6) is 0.0769. The Morgan fingerprint density at radius 3 is 2.75 bits per heavy atom. The summed E-state index contributed by atoms with van der Waals surface area (Å²) in [6, 6.07) is 1.53. The van der Waals surface area contributed by atoms with E-state index in [1.807, 2.05) is 24.8 Å². The summed E-state index contributed by atoms with van der Waals surface area (Å²) in [4.78, 5) is 37.1. The van der Waals surface area contributed by atoms with Gasteiger partial charge in [0.1, 0.15) is 11.7 Å². The van der Waals surface area contributed by atoms with Crippen LogP contribution in [-0.2, 0) is 11.3 Å². The molecule has 126 valence electrons. The number of pyridine rings is 1. The molecule has 0 aliphatic carbocycles. The number of aromatic nitrogens is 2. The zero-order chi connectivity index (χ0) is 16.8. The fraction of sp³-hybridized carbons (Fsp3) is 0.500. The van der Waals surface area contributed by atoms with E-state index >= 15 is 0 Å². The van der Waals surface area contributed by atoms with E-state index in [0.29, 0.717) is 12.1 Å². The van der Waals surface area contributed by atoms with Gasteiger partial charge in [0.25, 0.3) is 5.91 Å². The van der Waals surface area contributed by atoms with Crippen molar-refractivity contribution < 1.29 is 9.59 Å². The summed E-state index contributed by atoms with van der Waals surface area (Å²) >= 11 is 0. The molecular formula is C18H22N4O2. The molecule has 2 amide bonds. The summed E-state index contributed by atoms with van der Waals surface area (Å²) in [5, 5.41) is 0.898. The predicted molar refractivity (Wildman–Crippen MR) is 90.4 cm³/mol. The summed E-state index contributed by atoms with van der Waals surface area (Å²) in [6.45, 7) is 6.10. The second kappa shape index (κ2) is 5.61. The molecule has 0 aromatic carbocycles. The SMILES string of the molecule is CC(C)[C@H](C(=O)N1CCCC1)N1Cc2ccnc3[nH]cc(c23)C1=O. The largest absolute Gasteiger partial charge is 0.345 e. The van der Waals surface area contributed by atoms with Crippen molar-refractivity contribution in [3.05, 3.63) is 29.6 Å². The number of aromatic amines is 1. The van der Waals surface area contributed by atoms with Crippen LogP contribution in [0.25, 0.3) is 11.0 Å². The number of rotatable bonds is 3. The van der Waals surface area contributed by atoms with Crippen LogP contribution in [0.5, 0.6) is 0 Å². The Balaban J connectivity index is 1.72. The highest BCUT2D eigenvalue weighted by molar-refractivity contribution is 6.10. The molecule has 1 saturated heterocycles. The van der Waals surface area contributed by atoms with Crippen molar-refractivity contribution in [2.45, 2.75) is 39.3 Å². The van der Waals surface area contributed by atoms with Gasteiger partial charge < -0.3 is 14.8 Å². The highest BCUT2D eigenvalue weighted by Gasteiger charge is 2.39. The zero-order valence-electron chi connectivity index (χ0n) is 14.1. The second-order valence-electron chi connectivity index (χ2n) is 7.05. The van der Waals surface area contributed by atoms with E-state index in [2.05, 4.69) is 9.97 Å². The number of amides is 2. The highest BCUT2D eigenvalue weighted by atomic mass is 16.2. The quantitative estimate of drug-likeness (QED) is 0.940. The standard InChI is InChI=1S/C18H22N4O2/c1-11(2)15(18(24)21-7-3-4-8-21)22-10-12-5-6-19-16-14(12)13(9-20-16)17(22)23/h5-6,9,11,15H,3-4,7-8,10H2,1-2H3,(H,19,20)/t15-/m1/s1. The minimum atomic E-state index is -0.415. The van der Waals surface area contributed by atoms with Crippen LogP contribution < -0.4 is 0 Å². The Bertz CT molecular complexity index is 804. The van der Waals surface area contributed by atoms with Gasteiger partial charge in [-0.2, -0.15) is 0 Å². The molecule has 0 spiro atoms. The molecule has 4 heterocycles. The van der Waals surface area contributed by atoms with Gasteiger partial charge in [0.2, 0.25) is 5.91 Å². The van der Waals surface area contributed by atoms with E-state index in [4.69, 9.17) is 0 Å². The average molecular weight is 326 g/mol. The van der Waals surface area contributed by atoms with Crippen LogP contribution >= 0.6 is 0 Å². The Morgan fingerprint density at radius 2 is 2.04 bits per heavy atom. The van der Waals surface area contributed by atoms with Crippen molar-refractivity contribution in [2.75, 3.05) is 13.1 Å². The van der Waals surface area contributed by atoms with E-state index < -0.39 is 6.04 Å². The van der Waals surface area contributed by atoms with Crippen LogP contribution in [0.2, 0.25) is 0 Å². The third kappa shape index (κ3) is 2.20. The van der Waals surface area contributed by atoms with Gasteiger partial charge in [-0.15, -0.1) is 0 Å². The lowest BCUT2D eigenvalue weighted by Gasteiger charge is -2.37. The molecule has 6 heteroatoms. The molecule has 6 nitrogen and oxygen atoms in total. The summed E-state index contributed by atoms with van der Waals surface area (Å²) in [5.41, 5.74) is 2.41. The topological polar surface area (TPSA) is 69.3 Å². The van der Waals surface area contributed by atoms with Gasteiger partial charge >= 0.3 is 0 Å². The van der Waals surface area contributed by atoms with Gasteiger partial charge in [0, 0.05) is 37.4 Å². The third-order valence-electron chi connectivity index (χ3n) is 5.13. The van der Waals surface area contributed by atoms with Crippen LogP contribution in [0.4, 0.5) is 0 Å². The molecule has 2 aromatic heterocycles. The minimum Gasteiger partial charge on any atom is -0.345 e. The Morgan fingerprint density at radius 1 is 1.29 bits per heavy atom. The van der Waals surface area contributed by atoms with E-state index in [0.717, 1.165) is 42.5 Å². The van der Waals surface area contributed by atoms with Crippen LogP contribution in [0, 0.1) is 5.92 Å². The van der Waals surface area contributed by atoms with Gasteiger partial charge in [-0.05, 0) is 30.4 Å². The highest BCUT2D eigenvalue weighted by Crippen LogP contribution is 2.31. The normalized spacial score (nSPS) is 18.7. The van der Waals surface area contributed by atoms with Gasteiger partial charge in [0.15, 0.2) is 0 Å². The number of hydrogen-bond acceptors (Lipinski definition) is 3. The number of H-pyrrole nitrogens is 1. The lowest BCUT2D eigenvalue weighted by molar-refractivity contribution is -0.136. The smallest absolute Gasteiger partial charge is 0.257 e. The molecule has 2 aliphatic rings. The van der Waals surface area contributed by atoms with Crippen LogP contribution in [0.3, 0.4) is 0 Å². The fourth-order valence-electron chi connectivity index (χ4n) is 3.96. The molecule has 24 heavy (non-hydrogen) atoms. The predicted octanol–water partition coefficient (Wildman–Crippen LogP) is 2.17. The van der Waals surface area contributed by atoms with Gasteiger partial charge in [-0.25, -0.2) is 4.98 Å². The van der Waals surface area contributed by atoms with Crippen molar-refractivity contribution in [1.29, 1.82) is 0 Å². The summed E-state index contributed by atoms with van der Waals surface area (Å²) in [6.07, 6.45) is 5.57. The van der Waals surface area contributed by atoms with Crippen LogP contribution in [-0.4, -0.2) is 50.7 Å². The number of carbonyl (C=O) groups is 2. The third-order valence-corrected chi connectivity index (χ3v) is 5.13. The lowest BCUT2D eigenvalue weighted by atomic mass is 9.95. The van der Waals surface area contributed by atoms with Crippen LogP contribution in [0.1, 0.15) is 42.6 Å². The van der Waals surface area contributed by atoms with E-state index in [-0.39, 0.29) is 17.7 Å². The first-order valence-electron chi connectivity index (χ1n) is 8.62. The molecule has 2 aromatic rings. The van der Waals surface area contributed by atoms with Crippen LogP contribution in [0.15, 0.2) is 18.5 Å². The molecule has 0 saturated carbocycles. The molecule has 0 unspecified atom stereocenters. The Hall–Kier alpha value is -2.37. The Kier molecular flexibility index (Phi) is 3.55. The summed E-state index contributed by atoms with van der Waals surface area (Å²) < 4.78 is 0. The average Bonchev–Trinajstić information content (AvgIpc) is 3.22. The number of likely N-dealkylation sites (tertiary alicyclic amines) is 1. The zero-order valence-corrected chi connectivity index (χ0v) is 14.1. The maximum Gasteiger partial charge on any atom is 0.257 e. The van der Waals surface area contributed by atoms with Gasteiger partial charge in [-0.1, -0.05) is 13.8 Å². The Labute approximate surface area is 140 Å². The lowest BCUT2D eigenvalue weighted by Crippen LogP contribution is -2.53. The fourth-order valence-corrected chi connectivity index (χ4v) is 3.96. The molecule has 2 aliphatic heterocycles. The maximum absolute atomic E-state index is 13.0. The first kappa shape index (κ1) is 15.2. The van der Waals surface area contributed by atoms with Crippen molar-refractivity contribution in [2.24, 2.45) is 5.92 Å². The summed E-state index contributed by atoms with van der Waals surface area (Å²) in [7, 11) is 0. The van der Waals surface area contributed by atoms with Crippen molar-refractivity contribution in [3.63, 3.8) is 0 Å². The van der Waals surface area contributed by atoms with E-state index in [9.17, 15) is 9.59 Å². The van der Waals surface area contributed by atoms with E-state index in [1.54, 1.807) is 17.3 Å². The molecule has 4 rings (SSSR count). The number of nitrogens with zero attached hydrogens (tertiary/aromatic N) is 3. The van der Waals surface area contributed by atoms with E-state index in [1.165, 1.54) is 0 Å². The molecule has 1 atom stereocenters. The number of hydrogen-bond donors (Lipinski definition) is 1. The van der Waals surface area contributed by atoms with Crippen molar-refractivity contribution >= 4 is 22.8 Å². The maximum atomic E-state index is 13.0. The minimum absolute atomic E-state index is 0.0693. The molecule has 1 fully saturated rings. The molecule has 1 N–H and O–H groups in total. The monoisotopic (exact) mass is 326 g/mol. The second-order valence-corrected chi connectivity index (χ2v) is 7.05.